The number of fused-ring (bicyclic) bond motifs is 1. The first-order valence-electron chi connectivity index (χ1n) is 7.66. The van der Waals surface area contributed by atoms with Crippen molar-refractivity contribution in [2.75, 3.05) is 26.4 Å². The fraction of sp³-hybridized carbons (Fsp3) is 0.375. The third-order valence-corrected chi connectivity index (χ3v) is 3.51. The average molecular weight is 316 g/mol. The van der Waals surface area contributed by atoms with E-state index in [-0.39, 0.29) is 0 Å². The van der Waals surface area contributed by atoms with Crippen molar-refractivity contribution in [1.82, 2.24) is 15.4 Å². The van der Waals surface area contributed by atoms with Crippen LogP contribution in [0.2, 0.25) is 0 Å². The normalized spacial score (nSPS) is 11.2. The van der Waals surface area contributed by atoms with Gasteiger partial charge >= 0.3 is 0 Å². The molecule has 0 fully saturated rings. The second kappa shape index (κ2) is 7.75. The van der Waals surface area contributed by atoms with Crippen LogP contribution in [-0.4, -0.2) is 41.7 Å². The van der Waals surface area contributed by atoms with Crippen molar-refractivity contribution < 1.29 is 14.0 Å². The van der Waals surface area contributed by atoms with Crippen molar-refractivity contribution in [3.8, 4) is 16.9 Å². The molecule has 0 aliphatic carbocycles. The lowest BCUT2D eigenvalue weighted by Gasteiger charge is -2.09. The molecule has 3 N–H and O–H groups in total. The number of unbranched alkanes of at least 4 members (excludes halogenated alkanes) is 1. The number of benzene rings is 1. The van der Waals surface area contributed by atoms with Crippen LogP contribution in [0, 0.1) is 0 Å². The predicted octanol–water partition coefficient (Wildman–Crippen LogP) is 2.35. The zero-order valence-electron chi connectivity index (χ0n) is 12.8. The molecule has 0 bridgehead atoms. The molecule has 0 saturated heterocycles. The number of rotatable bonds is 9. The monoisotopic (exact) mass is 316 g/mol. The summed E-state index contributed by atoms with van der Waals surface area (Å²) in [4.78, 5) is 0. The maximum atomic E-state index is 5.86. The van der Waals surface area contributed by atoms with E-state index in [9.17, 15) is 0 Å². The SMILES string of the molecule is NCCCCOCCOc1cc(-c2cnoc2)cc2[nH]ncc12. The number of nitrogens with two attached hydrogens (primary N) is 1. The first-order valence-corrected chi connectivity index (χ1v) is 7.66. The number of hydrogen-bond donors (Lipinski definition) is 2. The second-order valence-corrected chi connectivity index (χ2v) is 5.18. The molecule has 0 amide bonds. The van der Waals surface area contributed by atoms with Gasteiger partial charge in [0, 0.05) is 12.2 Å². The Morgan fingerprint density at radius 2 is 2.04 bits per heavy atom. The lowest BCUT2D eigenvalue weighted by atomic mass is 10.1. The smallest absolute Gasteiger partial charge is 0.131 e. The van der Waals surface area contributed by atoms with Crippen LogP contribution in [0.15, 0.2) is 35.3 Å². The Labute approximate surface area is 133 Å². The van der Waals surface area contributed by atoms with Gasteiger partial charge in [-0.15, -0.1) is 0 Å². The van der Waals surface area contributed by atoms with E-state index in [0.717, 1.165) is 40.6 Å². The minimum atomic E-state index is 0.482. The molecule has 0 saturated carbocycles. The Hall–Kier alpha value is -2.38. The summed E-state index contributed by atoms with van der Waals surface area (Å²) in [6, 6.07) is 3.95. The molecule has 2 heterocycles. The summed E-state index contributed by atoms with van der Waals surface area (Å²) < 4.78 is 16.3. The summed E-state index contributed by atoms with van der Waals surface area (Å²) in [5.74, 6) is 0.762. The minimum absolute atomic E-state index is 0.482. The van der Waals surface area contributed by atoms with Gasteiger partial charge < -0.3 is 19.7 Å². The van der Waals surface area contributed by atoms with Gasteiger partial charge in [0.15, 0.2) is 0 Å². The number of hydrogen-bond acceptors (Lipinski definition) is 6. The highest BCUT2D eigenvalue weighted by Gasteiger charge is 2.10. The van der Waals surface area contributed by atoms with Gasteiger partial charge in [-0.3, -0.25) is 5.10 Å². The Morgan fingerprint density at radius 1 is 1.09 bits per heavy atom. The van der Waals surface area contributed by atoms with Gasteiger partial charge in [-0.2, -0.15) is 5.10 Å². The van der Waals surface area contributed by atoms with E-state index in [1.54, 1.807) is 18.7 Å². The molecule has 3 rings (SSSR count). The Kier molecular flexibility index (Phi) is 5.23. The van der Waals surface area contributed by atoms with E-state index in [2.05, 4.69) is 15.4 Å². The molecular weight excluding hydrogens is 296 g/mol. The van der Waals surface area contributed by atoms with Crippen LogP contribution >= 0.6 is 0 Å². The van der Waals surface area contributed by atoms with Gasteiger partial charge in [0.2, 0.25) is 0 Å². The van der Waals surface area contributed by atoms with E-state index >= 15 is 0 Å². The van der Waals surface area contributed by atoms with E-state index in [0.29, 0.717) is 26.4 Å². The second-order valence-electron chi connectivity index (χ2n) is 5.18. The maximum absolute atomic E-state index is 5.86. The molecule has 0 radical (unpaired) electrons. The van der Waals surface area contributed by atoms with Crippen LogP contribution in [0.5, 0.6) is 5.75 Å². The van der Waals surface area contributed by atoms with Crippen molar-refractivity contribution in [2.45, 2.75) is 12.8 Å². The molecule has 3 aromatic rings. The third kappa shape index (κ3) is 3.88. The number of nitrogens with zero attached hydrogens (tertiary/aromatic N) is 2. The van der Waals surface area contributed by atoms with Crippen LogP contribution in [0.3, 0.4) is 0 Å². The van der Waals surface area contributed by atoms with Crippen LogP contribution in [0.1, 0.15) is 12.8 Å². The lowest BCUT2D eigenvalue weighted by molar-refractivity contribution is 0.0982. The summed E-state index contributed by atoms with van der Waals surface area (Å²) in [5.41, 5.74) is 8.20. The lowest BCUT2D eigenvalue weighted by Crippen LogP contribution is -2.08. The zero-order valence-corrected chi connectivity index (χ0v) is 12.8. The van der Waals surface area contributed by atoms with Crippen molar-refractivity contribution >= 4 is 10.9 Å². The minimum Gasteiger partial charge on any atom is -0.490 e. The summed E-state index contributed by atoms with van der Waals surface area (Å²) in [6.45, 7) is 2.44. The topological polar surface area (TPSA) is 99.2 Å². The Bertz CT molecular complexity index is 724. The summed E-state index contributed by atoms with van der Waals surface area (Å²) in [5, 5.41) is 11.7. The molecule has 122 valence electrons. The van der Waals surface area contributed by atoms with Gasteiger partial charge in [0.1, 0.15) is 18.6 Å². The van der Waals surface area contributed by atoms with Crippen LogP contribution < -0.4 is 10.5 Å². The third-order valence-electron chi connectivity index (χ3n) is 3.51. The first kappa shape index (κ1) is 15.5. The van der Waals surface area contributed by atoms with Gasteiger partial charge in [-0.25, -0.2) is 0 Å². The number of aromatic nitrogens is 3. The number of H-pyrrole nitrogens is 1. The molecular formula is C16H20N4O3. The van der Waals surface area contributed by atoms with E-state index in [1.165, 1.54) is 0 Å². The van der Waals surface area contributed by atoms with Gasteiger partial charge in [0.05, 0.1) is 29.9 Å². The summed E-state index contributed by atoms with van der Waals surface area (Å²) in [7, 11) is 0. The standard InChI is InChI=1S/C16H20N4O3/c17-3-1-2-4-21-5-6-22-16-8-12(13-9-19-23-11-13)7-15-14(16)10-18-20-15/h7-11H,1-6,17H2,(H,18,20). The molecule has 23 heavy (non-hydrogen) atoms. The van der Waals surface area contributed by atoms with Crippen molar-refractivity contribution in [2.24, 2.45) is 5.73 Å². The molecule has 0 atom stereocenters. The van der Waals surface area contributed by atoms with E-state index < -0.39 is 0 Å². The fourth-order valence-electron chi connectivity index (χ4n) is 2.31. The summed E-state index contributed by atoms with van der Waals surface area (Å²) in [6.07, 6.45) is 6.98. The molecule has 1 aromatic carbocycles. The maximum Gasteiger partial charge on any atom is 0.131 e. The summed E-state index contributed by atoms with van der Waals surface area (Å²) >= 11 is 0. The quantitative estimate of drug-likeness (QED) is 0.588. The van der Waals surface area contributed by atoms with Gasteiger partial charge in [-0.05, 0) is 37.1 Å². The zero-order chi connectivity index (χ0) is 15.9. The average Bonchev–Trinajstić information content (AvgIpc) is 3.24. The van der Waals surface area contributed by atoms with Crippen LogP contribution in [0.4, 0.5) is 0 Å². The van der Waals surface area contributed by atoms with Crippen LogP contribution in [-0.2, 0) is 4.74 Å². The predicted molar refractivity (Wildman–Crippen MR) is 86.2 cm³/mol. The van der Waals surface area contributed by atoms with Gasteiger partial charge in [-0.1, -0.05) is 5.16 Å². The van der Waals surface area contributed by atoms with Gasteiger partial charge in [0.25, 0.3) is 0 Å². The fourth-order valence-corrected chi connectivity index (χ4v) is 2.31. The van der Waals surface area contributed by atoms with Crippen molar-refractivity contribution in [3.63, 3.8) is 0 Å². The highest BCUT2D eigenvalue weighted by molar-refractivity contribution is 5.89. The molecule has 0 aliphatic rings. The molecule has 7 heteroatoms. The molecule has 7 nitrogen and oxygen atoms in total. The molecule has 2 aromatic heterocycles. The molecule has 0 spiro atoms. The molecule has 0 unspecified atom stereocenters. The molecule has 0 aliphatic heterocycles. The highest BCUT2D eigenvalue weighted by atomic mass is 16.5. The number of aromatic amines is 1. The first-order chi connectivity index (χ1) is 11.4. The van der Waals surface area contributed by atoms with Crippen molar-refractivity contribution in [1.29, 1.82) is 0 Å². The number of ether oxygens (including phenoxy) is 2. The number of nitrogens with one attached hydrogen (secondary N) is 1. The van der Waals surface area contributed by atoms with E-state index in [1.807, 2.05) is 12.1 Å². The van der Waals surface area contributed by atoms with Crippen molar-refractivity contribution in [3.05, 3.63) is 30.8 Å². The Balaban J connectivity index is 1.64. The van der Waals surface area contributed by atoms with Crippen LogP contribution in [0.25, 0.3) is 22.0 Å². The highest BCUT2D eigenvalue weighted by Crippen LogP contribution is 2.31. The Morgan fingerprint density at radius 3 is 2.87 bits per heavy atom. The largest absolute Gasteiger partial charge is 0.490 e. The van der Waals surface area contributed by atoms with E-state index in [4.69, 9.17) is 19.7 Å².